The molecular weight excluding hydrogens is 284 g/mol. The number of para-hydroxylation sites is 1. The van der Waals surface area contributed by atoms with Crippen LogP contribution in [0.15, 0.2) is 54.6 Å². The molecule has 0 bridgehead atoms. The number of carbonyl (C=O) groups is 1. The number of rotatable bonds is 7. The Kier molecular flexibility index (Phi) is 6.36. The molecule has 0 aliphatic rings. The molecule has 0 atom stereocenters. The highest BCUT2D eigenvalue weighted by molar-refractivity contribution is 5.93. The van der Waals surface area contributed by atoms with Crippen LogP contribution >= 0.6 is 0 Å². The van der Waals surface area contributed by atoms with Gasteiger partial charge in [-0.15, -0.1) is 0 Å². The predicted octanol–water partition coefficient (Wildman–Crippen LogP) is 4.10. The van der Waals surface area contributed by atoms with Crippen LogP contribution in [0.5, 0.6) is 0 Å². The fourth-order valence-corrected chi connectivity index (χ4v) is 2.56. The first-order valence-electron chi connectivity index (χ1n) is 8.26. The first-order valence-corrected chi connectivity index (χ1v) is 8.26. The Morgan fingerprint density at radius 2 is 1.70 bits per heavy atom. The lowest BCUT2D eigenvalue weighted by molar-refractivity contribution is -0.117. The zero-order valence-electron chi connectivity index (χ0n) is 14.3. The van der Waals surface area contributed by atoms with Crippen LogP contribution < -0.4 is 5.32 Å². The summed E-state index contributed by atoms with van der Waals surface area (Å²) in [7, 11) is 0. The van der Waals surface area contributed by atoms with Gasteiger partial charge < -0.3 is 5.32 Å². The van der Waals surface area contributed by atoms with E-state index < -0.39 is 0 Å². The Morgan fingerprint density at radius 1 is 1.04 bits per heavy atom. The average Bonchev–Trinajstić information content (AvgIpc) is 2.55. The molecule has 0 fully saturated rings. The Morgan fingerprint density at radius 3 is 2.35 bits per heavy atom. The second-order valence-corrected chi connectivity index (χ2v) is 6.04. The molecule has 122 valence electrons. The van der Waals surface area contributed by atoms with E-state index in [0.29, 0.717) is 12.6 Å². The van der Waals surface area contributed by atoms with Crippen molar-refractivity contribution in [3.63, 3.8) is 0 Å². The SMILES string of the molecule is CCc1ccccc1NC(=O)CN(Cc1ccccc1)C(C)C. The summed E-state index contributed by atoms with van der Waals surface area (Å²) in [6, 6.07) is 18.6. The summed E-state index contributed by atoms with van der Waals surface area (Å²) in [5.74, 6) is 0.0375. The normalized spacial score (nSPS) is 11.0. The number of benzene rings is 2. The summed E-state index contributed by atoms with van der Waals surface area (Å²) < 4.78 is 0. The van der Waals surface area contributed by atoms with Gasteiger partial charge in [-0.25, -0.2) is 0 Å². The van der Waals surface area contributed by atoms with Gasteiger partial charge in [0.05, 0.1) is 6.54 Å². The van der Waals surface area contributed by atoms with Crippen molar-refractivity contribution >= 4 is 11.6 Å². The topological polar surface area (TPSA) is 32.3 Å². The summed E-state index contributed by atoms with van der Waals surface area (Å²) in [4.78, 5) is 14.6. The minimum absolute atomic E-state index is 0.0375. The van der Waals surface area contributed by atoms with E-state index in [1.165, 1.54) is 11.1 Å². The van der Waals surface area contributed by atoms with E-state index >= 15 is 0 Å². The maximum atomic E-state index is 12.4. The molecule has 2 aromatic rings. The van der Waals surface area contributed by atoms with E-state index in [2.05, 4.69) is 49.2 Å². The van der Waals surface area contributed by atoms with Crippen LogP contribution in [0.4, 0.5) is 5.69 Å². The molecule has 3 nitrogen and oxygen atoms in total. The van der Waals surface area contributed by atoms with Gasteiger partial charge >= 0.3 is 0 Å². The molecule has 0 saturated heterocycles. The third-order valence-electron chi connectivity index (χ3n) is 3.98. The van der Waals surface area contributed by atoms with Crippen LogP contribution in [-0.2, 0) is 17.8 Å². The molecule has 0 radical (unpaired) electrons. The molecule has 0 unspecified atom stereocenters. The van der Waals surface area contributed by atoms with Crippen LogP contribution in [0, 0.1) is 0 Å². The molecular formula is C20H26N2O. The van der Waals surface area contributed by atoms with Gasteiger partial charge in [0.1, 0.15) is 0 Å². The third kappa shape index (κ3) is 5.22. The number of nitrogens with one attached hydrogen (secondary N) is 1. The smallest absolute Gasteiger partial charge is 0.238 e. The van der Waals surface area contributed by atoms with E-state index in [4.69, 9.17) is 0 Å². The fraction of sp³-hybridized carbons (Fsp3) is 0.350. The highest BCUT2D eigenvalue weighted by Gasteiger charge is 2.15. The van der Waals surface area contributed by atoms with Crippen LogP contribution in [0.2, 0.25) is 0 Å². The highest BCUT2D eigenvalue weighted by atomic mass is 16.2. The molecule has 3 heteroatoms. The number of anilines is 1. The minimum Gasteiger partial charge on any atom is -0.325 e. The Balaban J connectivity index is 2.01. The molecule has 1 amide bonds. The number of aryl methyl sites for hydroxylation is 1. The minimum atomic E-state index is 0.0375. The zero-order valence-corrected chi connectivity index (χ0v) is 14.3. The Labute approximate surface area is 139 Å². The van der Waals surface area contributed by atoms with E-state index in [1.54, 1.807) is 0 Å². The lowest BCUT2D eigenvalue weighted by Crippen LogP contribution is -2.37. The van der Waals surface area contributed by atoms with Crippen molar-refractivity contribution in [2.75, 3.05) is 11.9 Å². The molecule has 2 rings (SSSR count). The van der Waals surface area contributed by atoms with Gasteiger partial charge in [0.2, 0.25) is 5.91 Å². The zero-order chi connectivity index (χ0) is 16.7. The Hall–Kier alpha value is -2.13. The van der Waals surface area contributed by atoms with Crippen LogP contribution in [0.25, 0.3) is 0 Å². The first kappa shape index (κ1) is 17.2. The first-order chi connectivity index (χ1) is 11.1. The maximum absolute atomic E-state index is 12.4. The lowest BCUT2D eigenvalue weighted by Gasteiger charge is -2.26. The third-order valence-corrected chi connectivity index (χ3v) is 3.98. The summed E-state index contributed by atoms with van der Waals surface area (Å²) >= 11 is 0. The molecule has 0 spiro atoms. The molecule has 0 aliphatic carbocycles. The van der Waals surface area contributed by atoms with Crippen molar-refractivity contribution in [3.05, 3.63) is 65.7 Å². The molecule has 1 N–H and O–H groups in total. The molecule has 0 saturated carbocycles. The van der Waals surface area contributed by atoms with Gasteiger partial charge in [-0.05, 0) is 37.5 Å². The summed E-state index contributed by atoms with van der Waals surface area (Å²) in [6.45, 7) is 7.51. The molecule has 23 heavy (non-hydrogen) atoms. The fourth-order valence-electron chi connectivity index (χ4n) is 2.56. The van der Waals surface area contributed by atoms with Crippen LogP contribution in [-0.4, -0.2) is 23.4 Å². The monoisotopic (exact) mass is 310 g/mol. The molecule has 0 aliphatic heterocycles. The molecule has 0 aromatic heterocycles. The van der Waals surface area contributed by atoms with Crippen molar-refractivity contribution in [3.8, 4) is 0 Å². The van der Waals surface area contributed by atoms with E-state index in [9.17, 15) is 4.79 Å². The van der Waals surface area contributed by atoms with E-state index in [0.717, 1.165) is 18.7 Å². The number of nitrogens with zero attached hydrogens (tertiary/aromatic N) is 1. The van der Waals surface area contributed by atoms with Gasteiger partial charge in [-0.1, -0.05) is 55.5 Å². The van der Waals surface area contributed by atoms with Crippen LogP contribution in [0.1, 0.15) is 31.9 Å². The predicted molar refractivity (Wildman–Crippen MR) is 96.4 cm³/mol. The molecule has 0 heterocycles. The van der Waals surface area contributed by atoms with Crippen LogP contribution in [0.3, 0.4) is 0 Å². The van der Waals surface area contributed by atoms with Gasteiger partial charge in [0.15, 0.2) is 0 Å². The summed E-state index contributed by atoms with van der Waals surface area (Å²) in [5, 5.41) is 3.05. The second kappa shape index (κ2) is 8.49. The molecule has 2 aromatic carbocycles. The van der Waals surface area contributed by atoms with Crippen molar-refractivity contribution < 1.29 is 4.79 Å². The number of amides is 1. The van der Waals surface area contributed by atoms with Crippen molar-refractivity contribution in [2.24, 2.45) is 0 Å². The standard InChI is InChI=1S/C20H26N2O/c1-4-18-12-8-9-13-19(18)21-20(23)15-22(16(2)3)14-17-10-6-5-7-11-17/h5-13,16H,4,14-15H2,1-3H3,(H,21,23). The van der Waals surface area contributed by atoms with Crippen molar-refractivity contribution in [1.82, 2.24) is 4.90 Å². The highest BCUT2D eigenvalue weighted by Crippen LogP contribution is 2.16. The average molecular weight is 310 g/mol. The van der Waals surface area contributed by atoms with Crippen molar-refractivity contribution in [1.29, 1.82) is 0 Å². The van der Waals surface area contributed by atoms with E-state index in [1.807, 2.05) is 36.4 Å². The Bertz CT molecular complexity index is 623. The summed E-state index contributed by atoms with van der Waals surface area (Å²) in [5.41, 5.74) is 3.31. The maximum Gasteiger partial charge on any atom is 0.238 e. The second-order valence-electron chi connectivity index (χ2n) is 6.04. The number of hydrogen-bond acceptors (Lipinski definition) is 2. The number of carbonyl (C=O) groups excluding carboxylic acids is 1. The van der Waals surface area contributed by atoms with Gasteiger partial charge in [-0.2, -0.15) is 0 Å². The van der Waals surface area contributed by atoms with Gasteiger partial charge in [0.25, 0.3) is 0 Å². The van der Waals surface area contributed by atoms with Gasteiger partial charge in [0, 0.05) is 18.3 Å². The largest absolute Gasteiger partial charge is 0.325 e. The quantitative estimate of drug-likeness (QED) is 0.835. The van der Waals surface area contributed by atoms with E-state index in [-0.39, 0.29) is 5.91 Å². The summed E-state index contributed by atoms with van der Waals surface area (Å²) in [6.07, 6.45) is 0.911. The lowest BCUT2D eigenvalue weighted by atomic mass is 10.1. The number of hydrogen-bond donors (Lipinski definition) is 1. The van der Waals surface area contributed by atoms with Gasteiger partial charge in [-0.3, -0.25) is 9.69 Å². The van der Waals surface area contributed by atoms with Crippen molar-refractivity contribution in [2.45, 2.75) is 39.8 Å².